The highest BCUT2D eigenvalue weighted by atomic mass is 16.6. The minimum Gasteiger partial charge on any atom is -0.376 e. The van der Waals surface area contributed by atoms with Gasteiger partial charge in [-0.2, -0.15) is 0 Å². The second-order valence-corrected chi connectivity index (χ2v) is 6.05. The largest absolute Gasteiger partial charge is 0.376 e. The smallest absolute Gasteiger partial charge is 0.0813 e. The maximum absolute atomic E-state index is 5.97. The third-order valence-electron chi connectivity index (χ3n) is 3.83. The monoisotopic (exact) mass is 271 g/mol. The number of hydrogen-bond acceptors (Lipinski definition) is 4. The van der Waals surface area contributed by atoms with E-state index in [9.17, 15) is 0 Å². The molecule has 0 spiro atoms. The van der Waals surface area contributed by atoms with Crippen molar-refractivity contribution in [1.82, 2.24) is 5.32 Å². The lowest BCUT2D eigenvalue weighted by atomic mass is 10.1. The molecule has 1 N–H and O–H groups in total. The van der Waals surface area contributed by atoms with Crippen LogP contribution in [0.25, 0.3) is 0 Å². The molecule has 2 aliphatic rings. The van der Waals surface area contributed by atoms with Crippen molar-refractivity contribution in [3.05, 3.63) is 0 Å². The van der Waals surface area contributed by atoms with E-state index < -0.39 is 0 Å². The highest BCUT2D eigenvalue weighted by Crippen LogP contribution is 2.20. The van der Waals surface area contributed by atoms with Crippen LogP contribution in [0.2, 0.25) is 0 Å². The fraction of sp³-hybridized carbons (Fsp3) is 1.00. The molecule has 0 aromatic rings. The van der Waals surface area contributed by atoms with Gasteiger partial charge in [-0.25, -0.2) is 0 Å². The minimum atomic E-state index is 0.280. The summed E-state index contributed by atoms with van der Waals surface area (Å²) < 4.78 is 17.4. The van der Waals surface area contributed by atoms with Crippen molar-refractivity contribution in [3.63, 3.8) is 0 Å². The van der Waals surface area contributed by atoms with Gasteiger partial charge in [0.05, 0.1) is 31.5 Å². The van der Waals surface area contributed by atoms with E-state index in [-0.39, 0.29) is 6.10 Å². The quantitative estimate of drug-likeness (QED) is 0.770. The van der Waals surface area contributed by atoms with Crippen LogP contribution in [0.3, 0.4) is 0 Å². The summed E-state index contributed by atoms with van der Waals surface area (Å²) in [6.07, 6.45) is 6.85. The molecule has 0 bridgehead atoms. The van der Waals surface area contributed by atoms with E-state index >= 15 is 0 Å². The van der Waals surface area contributed by atoms with Crippen LogP contribution in [-0.2, 0) is 14.2 Å². The summed E-state index contributed by atoms with van der Waals surface area (Å²) in [5.41, 5.74) is 0. The zero-order valence-electron chi connectivity index (χ0n) is 12.4. The molecule has 3 unspecified atom stereocenters. The molecule has 2 fully saturated rings. The molecule has 3 atom stereocenters. The molecule has 4 heteroatoms. The topological polar surface area (TPSA) is 39.7 Å². The van der Waals surface area contributed by atoms with E-state index in [1.807, 2.05) is 0 Å². The Morgan fingerprint density at radius 2 is 1.84 bits per heavy atom. The van der Waals surface area contributed by atoms with E-state index in [1.165, 1.54) is 12.8 Å². The summed E-state index contributed by atoms with van der Waals surface area (Å²) in [7, 11) is 0. The van der Waals surface area contributed by atoms with Crippen molar-refractivity contribution >= 4 is 0 Å². The first-order chi connectivity index (χ1) is 9.24. The van der Waals surface area contributed by atoms with Crippen molar-refractivity contribution < 1.29 is 14.2 Å². The van der Waals surface area contributed by atoms with Crippen LogP contribution in [-0.4, -0.2) is 50.7 Å². The van der Waals surface area contributed by atoms with Crippen molar-refractivity contribution in [3.8, 4) is 0 Å². The predicted octanol–water partition coefficient (Wildman–Crippen LogP) is 2.12. The van der Waals surface area contributed by atoms with Gasteiger partial charge in [-0.05, 0) is 32.1 Å². The second kappa shape index (κ2) is 8.20. The van der Waals surface area contributed by atoms with Gasteiger partial charge in [-0.3, -0.25) is 0 Å². The Morgan fingerprint density at radius 3 is 2.58 bits per heavy atom. The van der Waals surface area contributed by atoms with Gasteiger partial charge in [0, 0.05) is 19.2 Å². The van der Waals surface area contributed by atoms with Crippen molar-refractivity contribution in [2.75, 3.05) is 26.4 Å². The Labute approximate surface area is 117 Å². The molecular formula is C15H29NO3. The van der Waals surface area contributed by atoms with Crippen LogP contribution in [0.15, 0.2) is 0 Å². The van der Waals surface area contributed by atoms with Gasteiger partial charge in [0.1, 0.15) is 0 Å². The van der Waals surface area contributed by atoms with Crippen LogP contribution < -0.4 is 5.32 Å². The number of nitrogens with one attached hydrogen (secondary N) is 1. The maximum Gasteiger partial charge on any atom is 0.0813 e. The normalized spacial score (nSPS) is 32.1. The van der Waals surface area contributed by atoms with Crippen molar-refractivity contribution in [2.24, 2.45) is 0 Å². The summed E-state index contributed by atoms with van der Waals surface area (Å²) in [6.45, 7) is 7.64. The van der Waals surface area contributed by atoms with E-state index in [0.29, 0.717) is 18.2 Å². The number of hydrogen-bond donors (Lipinski definition) is 1. The zero-order chi connectivity index (χ0) is 13.5. The van der Waals surface area contributed by atoms with Crippen LogP contribution in [0.4, 0.5) is 0 Å². The van der Waals surface area contributed by atoms with Gasteiger partial charge >= 0.3 is 0 Å². The highest BCUT2D eigenvalue weighted by Gasteiger charge is 2.25. The first-order valence-corrected chi connectivity index (χ1v) is 7.82. The Morgan fingerprint density at radius 1 is 1.05 bits per heavy atom. The molecule has 0 amide bonds. The second-order valence-electron chi connectivity index (χ2n) is 6.05. The van der Waals surface area contributed by atoms with Gasteiger partial charge in [-0.15, -0.1) is 0 Å². The fourth-order valence-electron chi connectivity index (χ4n) is 2.69. The van der Waals surface area contributed by atoms with E-state index in [2.05, 4.69) is 19.2 Å². The average Bonchev–Trinajstić information content (AvgIpc) is 2.86. The molecule has 112 valence electrons. The summed E-state index contributed by atoms with van der Waals surface area (Å²) >= 11 is 0. The maximum atomic E-state index is 5.97. The van der Waals surface area contributed by atoms with E-state index in [0.717, 1.165) is 45.6 Å². The highest BCUT2D eigenvalue weighted by molar-refractivity contribution is 4.76. The zero-order valence-corrected chi connectivity index (χ0v) is 12.4. The Bertz CT molecular complexity index is 242. The van der Waals surface area contributed by atoms with Gasteiger partial charge in [0.15, 0.2) is 0 Å². The summed E-state index contributed by atoms with van der Waals surface area (Å²) in [5, 5.41) is 3.43. The Balaban J connectivity index is 1.52. The van der Waals surface area contributed by atoms with Crippen LogP contribution >= 0.6 is 0 Å². The van der Waals surface area contributed by atoms with Crippen molar-refractivity contribution in [1.29, 1.82) is 0 Å². The molecule has 2 aliphatic heterocycles. The average molecular weight is 271 g/mol. The lowest BCUT2D eigenvalue weighted by Gasteiger charge is -2.23. The molecule has 19 heavy (non-hydrogen) atoms. The molecule has 2 heterocycles. The third-order valence-corrected chi connectivity index (χ3v) is 3.83. The van der Waals surface area contributed by atoms with Gasteiger partial charge in [-0.1, -0.05) is 13.8 Å². The predicted molar refractivity (Wildman–Crippen MR) is 75.4 cm³/mol. The van der Waals surface area contributed by atoms with Crippen LogP contribution in [0.5, 0.6) is 0 Å². The minimum absolute atomic E-state index is 0.280. The first-order valence-electron chi connectivity index (χ1n) is 7.82. The fourth-order valence-corrected chi connectivity index (χ4v) is 2.69. The van der Waals surface area contributed by atoms with Gasteiger partial charge < -0.3 is 19.5 Å². The summed E-state index contributed by atoms with van der Waals surface area (Å²) in [6, 6.07) is 0.530. The molecule has 0 aliphatic carbocycles. The van der Waals surface area contributed by atoms with Gasteiger partial charge in [0.25, 0.3) is 0 Å². The SMILES string of the molecule is CC(C)NCC1CCC(COCC2CCCCO2)O1. The molecule has 0 saturated carbocycles. The molecule has 2 rings (SSSR count). The number of rotatable bonds is 7. The first kappa shape index (κ1) is 15.2. The molecule has 0 radical (unpaired) electrons. The Kier molecular flexibility index (Phi) is 6.57. The van der Waals surface area contributed by atoms with E-state index in [1.54, 1.807) is 0 Å². The summed E-state index contributed by atoms with van der Waals surface area (Å²) in [4.78, 5) is 0. The number of ether oxygens (including phenoxy) is 3. The van der Waals surface area contributed by atoms with E-state index in [4.69, 9.17) is 14.2 Å². The molecular weight excluding hydrogens is 242 g/mol. The third kappa shape index (κ3) is 5.78. The molecule has 0 aromatic carbocycles. The lowest BCUT2D eigenvalue weighted by Crippen LogP contribution is -2.32. The van der Waals surface area contributed by atoms with Crippen LogP contribution in [0.1, 0.15) is 46.0 Å². The summed E-state index contributed by atoms with van der Waals surface area (Å²) in [5.74, 6) is 0. The molecule has 2 saturated heterocycles. The molecule has 4 nitrogen and oxygen atoms in total. The standard InChI is InChI=1S/C15H29NO3/c1-12(2)16-9-13-6-7-15(19-13)11-17-10-14-5-3-4-8-18-14/h12-16H,3-11H2,1-2H3. The Hall–Kier alpha value is -0.160. The lowest BCUT2D eigenvalue weighted by molar-refractivity contribution is -0.0676. The van der Waals surface area contributed by atoms with Gasteiger partial charge in [0.2, 0.25) is 0 Å². The molecule has 0 aromatic heterocycles. The van der Waals surface area contributed by atoms with Crippen molar-refractivity contribution in [2.45, 2.75) is 70.3 Å². The van der Waals surface area contributed by atoms with Crippen LogP contribution in [0, 0.1) is 0 Å².